The van der Waals surface area contributed by atoms with Crippen LogP contribution in [0.3, 0.4) is 0 Å². The summed E-state index contributed by atoms with van der Waals surface area (Å²) in [5.41, 5.74) is 2.33. The second-order valence-corrected chi connectivity index (χ2v) is 7.37. The number of methoxy groups -OCH3 is 1. The van der Waals surface area contributed by atoms with Crippen LogP contribution in [0.15, 0.2) is 42.5 Å². The number of benzene rings is 2. The molecule has 1 fully saturated rings. The van der Waals surface area contributed by atoms with Gasteiger partial charge in [0.05, 0.1) is 18.7 Å². The van der Waals surface area contributed by atoms with Gasteiger partial charge in [0.2, 0.25) is 0 Å². The standard InChI is InChI=1S/C21H23ClN2O4/c1-28-19-11-8-16(22)12-18(19)24-21(27)23-17-9-6-14(7-10-17)13-2-4-15(5-3-13)20(25)26/h6-13,15H,2-5H2,1H3,(H,25,26)(H2,23,24,27)/t13-,15-. The van der Waals surface area contributed by atoms with Gasteiger partial charge >= 0.3 is 12.0 Å². The van der Waals surface area contributed by atoms with Crippen LogP contribution >= 0.6 is 11.6 Å². The van der Waals surface area contributed by atoms with Crippen LogP contribution in [0, 0.1) is 5.92 Å². The number of aliphatic carboxylic acids is 1. The third kappa shape index (κ3) is 4.95. The van der Waals surface area contributed by atoms with E-state index in [4.69, 9.17) is 21.4 Å². The molecule has 0 heterocycles. The van der Waals surface area contributed by atoms with E-state index in [0.717, 1.165) is 12.8 Å². The lowest BCUT2D eigenvalue weighted by molar-refractivity contribution is -0.142. The molecular weight excluding hydrogens is 380 g/mol. The van der Waals surface area contributed by atoms with Gasteiger partial charge in [-0.2, -0.15) is 0 Å². The summed E-state index contributed by atoms with van der Waals surface area (Å²) in [5.74, 6) is -0.0224. The van der Waals surface area contributed by atoms with Crippen LogP contribution in [0.2, 0.25) is 5.02 Å². The van der Waals surface area contributed by atoms with E-state index in [1.807, 2.05) is 24.3 Å². The Hall–Kier alpha value is -2.73. The minimum atomic E-state index is -0.694. The van der Waals surface area contributed by atoms with Crippen LogP contribution in [-0.2, 0) is 4.79 Å². The molecule has 0 saturated heterocycles. The van der Waals surface area contributed by atoms with Gasteiger partial charge in [-0.1, -0.05) is 23.7 Å². The van der Waals surface area contributed by atoms with Crippen LogP contribution in [0.5, 0.6) is 5.75 Å². The Morgan fingerprint density at radius 2 is 1.71 bits per heavy atom. The Labute approximate surface area is 168 Å². The van der Waals surface area contributed by atoms with Crippen LogP contribution in [0.1, 0.15) is 37.2 Å². The zero-order valence-corrected chi connectivity index (χ0v) is 16.3. The summed E-state index contributed by atoms with van der Waals surface area (Å²) in [7, 11) is 1.52. The largest absolute Gasteiger partial charge is 0.495 e. The number of carboxylic acid groups (broad SMARTS) is 1. The van der Waals surface area contributed by atoms with E-state index in [-0.39, 0.29) is 5.92 Å². The lowest BCUT2D eigenvalue weighted by atomic mass is 9.79. The zero-order valence-electron chi connectivity index (χ0n) is 15.6. The van der Waals surface area contributed by atoms with Crippen molar-refractivity contribution in [2.45, 2.75) is 31.6 Å². The van der Waals surface area contributed by atoms with E-state index in [1.165, 1.54) is 12.7 Å². The summed E-state index contributed by atoms with van der Waals surface area (Å²) < 4.78 is 5.22. The number of nitrogens with one attached hydrogen (secondary N) is 2. The lowest BCUT2D eigenvalue weighted by Gasteiger charge is -2.26. The maximum atomic E-state index is 12.3. The predicted molar refractivity (Wildman–Crippen MR) is 109 cm³/mol. The molecule has 1 aliphatic rings. The van der Waals surface area contributed by atoms with Gasteiger partial charge in [-0.05, 0) is 67.5 Å². The minimum absolute atomic E-state index is 0.218. The zero-order chi connectivity index (χ0) is 20.1. The first-order valence-corrected chi connectivity index (χ1v) is 9.58. The second-order valence-electron chi connectivity index (χ2n) is 6.93. The second kappa shape index (κ2) is 8.97. The van der Waals surface area contributed by atoms with Crippen molar-refractivity contribution in [3.63, 3.8) is 0 Å². The summed E-state index contributed by atoms with van der Waals surface area (Å²) in [6.45, 7) is 0. The van der Waals surface area contributed by atoms with E-state index < -0.39 is 12.0 Å². The van der Waals surface area contributed by atoms with E-state index in [0.29, 0.717) is 40.9 Å². The number of rotatable bonds is 5. The maximum absolute atomic E-state index is 12.3. The van der Waals surface area contributed by atoms with Crippen molar-refractivity contribution in [2.24, 2.45) is 5.92 Å². The highest BCUT2D eigenvalue weighted by Gasteiger charge is 2.26. The summed E-state index contributed by atoms with van der Waals surface area (Å²) >= 11 is 5.98. The molecule has 2 aromatic rings. The maximum Gasteiger partial charge on any atom is 0.323 e. The first-order valence-electron chi connectivity index (χ1n) is 9.20. The molecule has 3 N–H and O–H groups in total. The molecule has 0 spiro atoms. The molecule has 0 aromatic heterocycles. The van der Waals surface area contributed by atoms with Gasteiger partial charge < -0.3 is 20.5 Å². The normalized spacial score (nSPS) is 18.9. The van der Waals surface area contributed by atoms with Gasteiger partial charge in [0.25, 0.3) is 0 Å². The van der Waals surface area contributed by atoms with E-state index >= 15 is 0 Å². The number of urea groups is 1. The molecular formula is C21H23ClN2O4. The van der Waals surface area contributed by atoms with Crippen molar-refractivity contribution in [3.05, 3.63) is 53.1 Å². The first kappa shape index (κ1) is 20.0. The number of anilines is 2. The summed E-state index contributed by atoms with van der Waals surface area (Å²) in [6.07, 6.45) is 3.17. The van der Waals surface area contributed by atoms with E-state index in [2.05, 4.69) is 10.6 Å². The van der Waals surface area contributed by atoms with Gasteiger partial charge in [0.15, 0.2) is 0 Å². The van der Waals surface area contributed by atoms with Crippen LogP contribution < -0.4 is 15.4 Å². The third-order valence-corrected chi connectivity index (χ3v) is 5.36. The Kier molecular flexibility index (Phi) is 6.41. The SMILES string of the molecule is COc1ccc(Cl)cc1NC(=O)Nc1ccc([C@H]2CC[C@H](C(=O)O)CC2)cc1. The Morgan fingerprint density at radius 1 is 1.04 bits per heavy atom. The molecule has 2 amide bonds. The van der Waals surface area contributed by atoms with Crippen LogP contribution in [0.25, 0.3) is 0 Å². The molecule has 6 nitrogen and oxygen atoms in total. The highest BCUT2D eigenvalue weighted by atomic mass is 35.5. The average Bonchev–Trinajstić information content (AvgIpc) is 2.69. The molecule has 0 radical (unpaired) electrons. The summed E-state index contributed by atoms with van der Waals surface area (Å²) in [6, 6.07) is 12.3. The van der Waals surface area contributed by atoms with Gasteiger partial charge in [0, 0.05) is 10.7 Å². The van der Waals surface area contributed by atoms with Crippen molar-refractivity contribution < 1.29 is 19.4 Å². The van der Waals surface area contributed by atoms with Gasteiger partial charge in [-0.15, -0.1) is 0 Å². The van der Waals surface area contributed by atoms with Gasteiger partial charge in [0.1, 0.15) is 5.75 Å². The van der Waals surface area contributed by atoms with E-state index in [1.54, 1.807) is 18.2 Å². The number of halogens is 1. The number of ether oxygens (including phenoxy) is 1. The number of carbonyl (C=O) groups is 2. The number of hydrogen-bond donors (Lipinski definition) is 3. The Bertz CT molecular complexity index is 846. The smallest absolute Gasteiger partial charge is 0.323 e. The number of amides is 2. The van der Waals surface area contributed by atoms with Crippen molar-refractivity contribution in [2.75, 3.05) is 17.7 Å². The molecule has 28 heavy (non-hydrogen) atoms. The molecule has 0 atom stereocenters. The van der Waals surface area contributed by atoms with Crippen molar-refractivity contribution in [1.29, 1.82) is 0 Å². The Morgan fingerprint density at radius 3 is 2.32 bits per heavy atom. The highest BCUT2D eigenvalue weighted by Crippen LogP contribution is 2.36. The monoisotopic (exact) mass is 402 g/mol. The summed E-state index contributed by atoms with van der Waals surface area (Å²) in [5, 5.41) is 15.1. The molecule has 0 aliphatic heterocycles. The van der Waals surface area contributed by atoms with Gasteiger partial charge in [-0.25, -0.2) is 4.79 Å². The lowest BCUT2D eigenvalue weighted by Crippen LogP contribution is -2.21. The van der Waals surface area contributed by atoms with Crippen molar-refractivity contribution >= 4 is 35.0 Å². The molecule has 148 valence electrons. The fourth-order valence-electron chi connectivity index (χ4n) is 3.57. The molecule has 2 aromatic carbocycles. The number of carboxylic acids is 1. The van der Waals surface area contributed by atoms with Crippen molar-refractivity contribution in [3.8, 4) is 5.75 Å². The number of carbonyl (C=O) groups excluding carboxylic acids is 1. The minimum Gasteiger partial charge on any atom is -0.495 e. The highest BCUT2D eigenvalue weighted by molar-refractivity contribution is 6.31. The van der Waals surface area contributed by atoms with Crippen molar-refractivity contribution in [1.82, 2.24) is 0 Å². The number of hydrogen-bond acceptors (Lipinski definition) is 3. The molecule has 3 rings (SSSR count). The fourth-order valence-corrected chi connectivity index (χ4v) is 3.75. The molecule has 1 saturated carbocycles. The van der Waals surface area contributed by atoms with Crippen LogP contribution in [-0.4, -0.2) is 24.2 Å². The van der Waals surface area contributed by atoms with E-state index in [9.17, 15) is 9.59 Å². The molecule has 1 aliphatic carbocycles. The molecule has 0 bridgehead atoms. The topological polar surface area (TPSA) is 87.7 Å². The predicted octanol–water partition coefficient (Wildman–Crippen LogP) is 5.35. The first-order chi connectivity index (χ1) is 13.5. The molecule has 7 heteroatoms. The fraction of sp³-hybridized carbons (Fsp3) is 0.333. The summed E-state index contributed by atoms with van der Waals surface area (Å²) in [4.78, 5) is 23.3. The van der Waals surface area contributed by atoms with Crippen LogP contribution in [0.4, 0.5) is 16.2 Å². The van der Waals surface area contributed by atoms with Gasteiger partial charge in [-0.3, -0.25) is 4.79 Å². The third-order valence-electron chi connectivity index (χ3n) is 5.13. The molecule has 0 unspecified atom stereocenters. The Balaban J connectivity index is 1.58. The average molecular weight is 403 g/mol. The quantitative estimate of drug-likeness (QED) is 0.628.